The molecule has 1 aromatic carbocycles. The number of halogens is 2. The van der Waals surface area contributed by atoms with Crippen LogP contribution in [0.4, 0.5) is 5.69 Å². The summed E-state index contributed by atoms with van der Waals surface area (Å²) >= 11 is 11.9. The van der Waals surface area contributed by atoms with Crippen molar-refractivity contribution in [2.75, 3.05) is 18.5 Å². The third-order valence-electron chi connectivity index (χ3n) is 2.95. The average molecular weight is 255 g/mol. The molecule has 0 N–H and O–H groups in total. The normalized spacial score (nSPS) is 16.6. The molecule has 0 spiro atoms. The molecule has 0 aliphatic heterocycles. The maximum absolute atomic E-state index is 9.03. The van der Waals surface area contributed by atoms with Gasteiger partial charge in [0.05, 0.1) is 22.2 Å². The largest absolute Gasteiger partial charge is 0.372 e. The standard InChI is InChI=1S/C12H12Cl2N2/c1-16(8-12(7-15)4-5-12)11-3-2-9(13)6-10(11)14/h2-3,6H,4-5,8H2,1H3. The van der Waals surface area contributed by atoms with Gasteiger partial charge in [0.1, 0.15) is 0 Å². The Morgan fingerprint density at radius 2 is 2.12 bits per heavy atom. The summed E-state index contributed by atoms with van der Waals surface area (Å²) in [6.07, 6.45) is 1.97. The third-order valence-corrected chi connectivity index (χ3v) is 3.49. The SMILES string of the molecule is CN(CC1(C#N)CC1)c1ccc(Cl)cc1Cl. The molecule has 1 aromatic rings. The molecule has 1 aliphatic rings. The van der Waals surface area contributed by atoms with Crippen molar-refractivity contribution in [1.82, 2.24) is 0 Å². The van der Waals surface area contributed by atoms with Gasteiger partial charge in [0.2, 0.25) is 0 Å². The molecule has 16 heavy (non-hydrogen) atoms. The van der Waals surface area contributed by atoms with Crippen LogP contribution in [0.2, 0.25) is 10.0 Å². The number of benzene rings is 1. The Kier molecular flexibility index (Phi) is 3.01. The van der Waals surface area contributed by atoms with Crippen LogP contribution in [0.15, 0.2) is 18.2 Å². The molecule has 84 valence electrons. The van der Waals surface area contributed by atoms with Crippen molar-refractivity contribution in [1.29, 1.82) is 5.26 Å². The molecule has 0 aromatic heterocycles. The van der Waals surface area contributed by atoms with Gasteiger partial charge in [0, 0.05) is 18.6 Å². The molecule has 2 rings (SSSR count). The number of anilines is 1. The molecule has 0 atom stereocenters. The van der Waals surface area contributed by atoms with Crippen molar-refractivity contribution in [2.24, 2.45) is 5.41 Å². The Hall–Kier alpha value is -0.910. The second-order valence-electron chi connectivity index (χ2n) is 4.34. The van der Waals surface area contributed by atoms with E-state index in [1.165, 1.54) is 0 Å². The predicted molar refractivity (Wildman–Crippen MR) is 67.0 cm³/mol. The van der Waals surface area contributed by atoms with E-state index in [1.54, 1.807) is 6.07 Å². The van der Waals surface area contributed by atoms with Crippen LogP contribution in [-0.2, 0) is 0 Å². The van der Waals surface area contributed by atoms with Crippen LogP contribution >= 0.6 is 23.2 Å². The molecule has 0 radical (unpaired) electrons. The van der Waals surface area contributed by atoms with Crippen LogP contribution in [0, 0.1) is 16.7 Å². The second kappa shape index (κ2) is 4.16. The highest BCUT2D eigenvalue weighted by Crippen LogP contribution is 2.46. The van der Waals surface area contributed by atoms with Crippen molar-refractivity contribution in [3.8, 4) is 6.07 Å². The van der Waals surface area contributed by atoms with Gasteiger partial charge in [0.25, 0.3) is 0 Å². The number of hydrogen-bond donors (Lipinski definition) is 0. The van der Waals surface area contributed by atoms with Crippen molar-refractivity contribution in [3.05, 3.63) is 28.2 Å². The van der Waals surface area contributed by atoms with E-state index in [4.69, 9.17) is 28.5 Å². The molecule has 1 saturated carbocycles. The summed E-state index contributed by atoms with van der Waals surface area (Å²) in [6.45, 7) is 0.727. The highest BCUT2D eigenvalue weighted by molar-refractivity contribution is 6.36. The maximum atomic E-state index is 9.03. The van der Waals surface area contributed by atoms with Crippen molar-refractivity contribution in [3.63, 3.8) is 0 Å². The Bertz CT molecular complexity index is 447. The first kappa shape index (κ1) is 11.6. The van der Waals surface area contributed by atoms with Crippen LogP contribution < -0.4 is 4.90 Å². The van der Waals surface area contributed by atoms with Gasteiger partial charge in [-0.1, -0.05) is 23.2 Å². The molecule has 0 bridgehead atoms. The Balaban J connectivity index is 2.15. The average Bonchev–Trinajstić information content (AvgIpc) is 2.98. The fourth-order valence-corrected chi connectivity index (χ4v) is 2.34. The number of nitrogens with zero attached hydrogens (tertiary/aromatic N) is 2. The van der Waals surface area contributed by atoms with Gasteiger partial charge < -0.3 is 4.90 Å². The fraction of sp³-hybridized carbons (Fsp3) is 0.417. The summed E-state index contributed by atoms with van der Waals surface area (Å²) in [4.78, 5) is 2.02. The second-order valence-corrected chi connectivity index (χ2v) is 5.19. The minimum Gasteiger partial charge on any atom is -0.372 e. The number of nitriles is 1. The molecular weight excluding hydrogens is 243 g/mol. The van der Waals surface area contributed by atoms with E-state index in [1.807, 2.05) is 24.1 Å². The van der Waals surface area contributed by atoms with Gasteiger partial charge in [-0.25, -0.2) is 0 Å². The zero-order chi connectivity index (χ0) is 11.8. The molecule has 0 heterocycles. The lowest BCUT2D eigenvalue weighted by Gasteiger charge is -2.22. The van der Waals surface area contributed by atoms with Crippen LogP contribution in [0.25, 0.3) is 0 Å². The smallest absolute Gasteiger partial charge is 0.0749 e. The van der Waals surface area contributed by atoms with Gasteiger partial charge in [-0.05, 0) is 31.0 Å². The molecular formula is C12H12Cl2N2. The van der Waals surface area contributed by atoms with Crippen LogP contribution in [0.3, 0.4) is 0 Å². The summed E-state index contributed by atoms with van der Waals surface area (Å²) in [7, 11) is 1.95. The van der Waals surface area contributed by atoms with E-state index in [-0.39, 0.29) is 5.41 Å². The molecule has 4 heteroatoms. The number of rotatable bonds is 3. The third kappa shape index (κ3) is 2.26. The summed E-state index contributed by atoms with van der Waals surface area (Å²) in [6, 6.07) is 7.79. The van der Waals surface area contributed by atoms with Crippen LogP contribution in [0.1, 0.15) is 12.8 Å². The molecule has 2 nitrogen and oxygen atoms in total. The summed E-state index contributed by atoms with van der Waals surface area (Å²) in [5.41, 5.74) is 0.769. The molecule has 0 saturated heterocycles. The van der Waals surface area contributed by atoms with E-state index >= 15 is 0 Å². The Morgan fingerprint density at radius 3 is 2.62 bits per heavy atom. The predicted octanol–water partition coefficient (Wildman–Crippen LogP) is 3.73. The molecule has 0 unspecified atom stereocenters. The topological polar surface area (TPSA) is 27.0 Å². The van der Waals surface area contributed by atoms with E-state index in [0.29, 0.717) is 10.0 Å². The van der Waals surface area contributed by atoms with Crippen molar-refractivity contribution in [2.45, 2.75) is 12.8 Å². The Labute approximate surface area is 105 Å². The van der Waals surface area contributed by atoms with E-state index in [0.717, 1.165) is 25.1 Å². The quantitative estimate of drug-likeness (QED) is 0.822. The minimum absolute atomic E-state index is 0.155. The first-order chi connectivity index (χ1) is 7.56. The van der Waals surface area contributed by atoms with E-state index in [9.17, 15) is 0 Å². The summed E-state index contributed by atoms with van der Waals surface area (Å²) in [5, 5.41) is 10.3. The molecule has 0 amide bonds. The van der Waals surface area contributed by atoms with Gasteiger partial charge in [-0.15, -0.1) is 0 Å². The minimum atomic E-state index is -0.155. The van der Waals surface area contributed by atoms with Gasteiger partial charge >= 0.3 is 0 Å². The highest BCUT2D eigenvalue weighted by Gasteiger charge is 2.44. The monoisotopic (exact) mass is 254 g/mol. The fourth-order valence-electron chi connectivity index (χ4n) is 1.79. The molecule has 1 aliphatic carbocycles. The van der Waals surface area contributed by atoms with Gasteiger partial charge in [-0.2, -0.15) is 5.26 Å². The van der Waals surface area contributed by atoms with Crippen LogP contribution in [-0.4, -0.2) is 13.6 Å². The molecule has 1 fully saturated rings. The lowest BCUT2D eigenvalue weighted by Crippen LogP contribution is -2.25. The first-order valence-corrected chi connectivity index (χ1v) is 5.89. The Morgan fingerprint density at radius 1 is 1.44 bits per heavy atom. The number of hydrogen-bond acceptors (Lipinski definition) is 2. The zero-order valence-electron chi connectivity index (χ0n) is 9.00. The highest BCUT2D eigenvalue weighted by atomic mass is 35.5. The maximum Gasteiger partial charge on any atom is 0.0749 e. The van der Waals surface area contributed by atoms with E-state index in [2.05, 4.69) is 6.07 Å². The zero-order valence-corrected chi connectivity index (χ0v) is 10.5. The first-order valence-electron chi connectivity index (χ1n) is 5.14. The van der Waals surface area contributed by atoms with Crippen molar-refractivity contribution < 1.29 is 0 Å². The van der Waals surface area contributed by atoms with Crippen LogP contribution in [0.5, 0.6) is 0 Å². The lowest BCUT2D eigenvalue weighted by molar-refractivity contribution is 0.653. The summed E-state index contributed by atoms with van der Waals surface area (Å²) in [5.74, 6) is 0. The van der Waals surface area contributed by atoms with Gasteiger partial charge in [-0.3, -0.25) is 0 Å². The van der Waals surface area contributed by atoms with E-state index < -0.39 is 0 Å². The van der Waals surface area contributed by atoms with Gasteiger partial charge in [0.15, 0.2) is 0 Å². The summed E-state index contributed by atoms with van der Waals surface area (Å²) < 4.78 is 0. The lowest BCUT2D eigenvalue weighted by atomic mass is 10.1. The van der Waals surface area contributed by atoms with Crippen molar-refractivity contribution >= 4 is 28.9 Å².